The van der Waals surface area contributed by atoms with E-state index in [0.717, 1.165) is 15.8 Å². The van der Waals surface area contributed by atoms with E-state index in [1.54, 1.807) is 7.11 Å². The van der Waals surface area contributed by atoms with Gasteiger partial charge in [0.25, 0.3) is 0 Å². The third-order valence-electron chi connectivity index (χ3n) is 3.33. The zero-order valence-corrected chi connectivity index (χ0v) is 11.0. The fourth-order valence-electron chi connectivity index (χ4n) is 2.19. The molecule has 1 unspecified atom stereocenters. The molecule has 3 nitrogen and oxygen atoms in total. The molecular weight excluding hydrogens is 268 g/mol. The number of halogens is 1. The van der Waals surface area contributed by atoms with E-state index in [9.17, 15) is 0 Å². The molecule has 1 aliphatic carbocycles. The number of hydrazine groups is 1. The largest absolute Gasteiger partial charge is 0.496 e. The highest BCUT2D eigenvalue weighted by Gasteiger charge is 2.29. The van der Waals surface area contributed by atoms with Gasteiger partial charge in [-0.1, -0.05) is 28.4 Å². The summed E-state index contributed by atoms with van der Waals surface area (Å²) in [5.74, 6) is 7.19. The summed E-state index contributed by atoms with van der Waals surface area (Å²) in [6.07, 6.45) is 3.80. The van der Waals surface area contributed by atoms with Gasteiger partial charge in [0.1, 0.15) is 5.75 Å². The molecule has 4 heteroatoms. The Kier molecular flexibility index (Phi) is 3.84. The molecular formula is C12H17BrN2O. The van der Waals surface area contributed by atoms with Crippen molar-refractivity contribution in [2.45, 2.75) is 25.3 Å². The van der Waals surface area contributed by atoms with Crippen molar-refractivity contribution in [3.8, 4) is 5.75 Å². The lowest BCUT2D eigenvalue weighted by Gasteiger charge is -2.34. The quantitative estimate of drug-likeness (QED) is 0.660. The van der Waals surface area contributed by atoms with Gasteiger partial charge in [-0.3, -0.25) is 11.3 Å². The summed E-state index contributed by atoms with van der Waals surface area (Å²) in [4.78, 5) is 0. The summed E-state index contributed by atoms with van der Waals surface area (Å²) in [6.45, 7) is 0. The van der Waals surface area contributed by atoms with E-state index in [1.165, 1.54) is 19.3 Å². The average molecular weight is 285 g/mol. The first-order valence-corrected chi connectivity index (χ1v) is 6.35. The second-order valence-electron chi connectivity index (χ2n) is 4.22. The van der Waals surface area contributed by atoms with Crippen molar-refractivity contribution in [1.82, 2.24) is 5.43 Å². The minimum Gasteiger partial charge on any atom is -0.496 e. The van der Waals surface area contributed by atoms with Crippen LogP contribution in [0.5, 0.6) is 5.75 Å². The standard InChI is InChI=1S/C12H17BrN2O/c1-16-11-7-9(13)5-6-10(11)12(15-14)8-3-2-4-8/h5-8,12,15H,2-4,14H2,1H3. The van der Waals surface area contributed by atoms with E-state index in [0.29, 0.717) is 5.92 Å². The predicted octanol–water partition coefficient (Wildman–Crippen LogP) is 2.76. The molecule has 1 saturated carbocycles. The van der Waals surface area contributed by atoms with Crippen LogP contribution in [-0.4, -0.2) is 7.11 Å². The molecule has 3 N–H and O–H groups in total. The van der Waals surface area contributed by atoms with Crippen LogP contribution in [0.1, 0.15) is 30.9 Å². The minimum atomic E-state index is 0.205. The van der Waals surface area contributed by atoms with Gasteiger partial charge in [0, 0.05) is 10.0 Å². The summed E-state index contributed by atoms with van der Waals surface area (Å²) in [5.41, 5.74) is 4.07. The van der Waals surface area contributed by atoms with Gasteiger partial charge < -0.3 is 4.74 Å². The molecule has 1 aromatic carbocycles. The third-order valence-corrected chi connectivity index (χ3v) is 3.82. The fraction of sp³-hybridized carbons (Fsp3) is 0.500. The zero-order valence-electron chi connectivity index (χ0n) is 9.37. The lowest BCUT2D eigenvalue weighted by molar-refractivity contribution is 0.228. The van der Waals surface area contributed by atoms with Gasteiger partial charge in [0.15, 0.2) is 0 Å². The monoisotopic (exact) mass is 284 g/mol. The predicted molar refractivity (Wildman–Crippen MR) is 68.1 cm³/mol. The van der Waals surface area contributed by atoms with Crippen LogP contribution in [0.4, 0.5) is 0 Å². The Morgan fingerprint density at radius 1 is 1.50 bits per heavy atom. The van der Waals surface area contributed by atoms with Crippen LogP contribution in [0.15, 0.2) is 22.7 Å². The number of benzene rings is 1. The van der Waals surface area contributed by atoms with Gasteiger partial charge in [-0.25, -0.2) is 0 Å². The Hall–Kier alpha value is -0.580. The van der Waals surface area contributed by atoms with Crippen LogP contribution in [0, 0.1) is 5.92 Å². The van der Waals surface area contributed by atoms with Gasteiger partial charge in [-0.15, -0.1) is 0 Å². The Labute approximate surface area is 104 Å². The molecule has 0 bridgehead atoms. The Morgan fingerprint density at radius 3 is 2.75 bits per heavy atom. The summed E-state index contributed by atoms with van der Waals surface area (Å²) in [5, 5.41) is 0. The zero-order chi connectivity index (χ0) is 11.5. The van der Waals surface area contributed by atoms with Crippen molar-refractivity contribution >= 4 is 15.9 Å². The van der Waals surface area contributed by atoms with Crippen molar-refractivity contribution in [3.05, 3.63) is 28.2 Å². The summed E-state index contributed by atoms with van der Waals surface area (Å²) >= 11 is 3.44. The SMILES string of the molecule is COc1cc(Br)ccc1C(NN)C1CCC1. The molecule has 88 valence electrons. The van der Waals surface area contributed by atoms with E-state index in [2.05, 4.69) is 27.4 Å². The topological polar surface area (TPSA) is 47.3 Å². The summed E-state index contributed by atoms with van der Waals surface area (Å²) in [7, 11) is 1.69. The molecule has 0 aromatic heterocycles. The number of hydrogen-bond donors (Lipinski definition) is 2. The first kappa shape index (κ1) is 11.9. The maximum Gasteiger partial charge on any atom is 0.124 e. The van der Waals surface area contributed by atoms with Crippen LogP contribution in [-0.2, 0) is 0 Å². The van der Waals surface area contributed by atoms with Crippen molar-refractivity contribution in [2.24, 2.45) is 11.8 Å². The first-order valence-electron chi connectivity index (χ1n) is 5.56. The van der Waals surface area contributed by atoms with Crippen LogP contribution in [0.3, 0.4) is 0 Å². The number of ether oxygens (including phenoxy) is 1. The Morgan fingerprint density at radius 2 is 2.25 bits per heavy atom. The minimum absolute atomic E-state index is 0.205. The van der Waals surface area contributed by atoms with Gasteiger partial charge in [0.05, 0.1) is 13.2 Å². The second-order valence-corrected chi connectivity index (χ2v) is 5.14. The highest BCUT2D eigenvalue weighted by atomic mass is 79.9. The molecule has 0 radical (unpaired) electrons. The van der Waals surface area contributed by atoms with Crippen LogP contribution in [0.25, 0.3) is 0 Å². The molecule has 0 saturated heterocycles. The molecule has 0 amide bonds. The molecule has 1 atom stereocenters. The first-order chi connectivity index (χ1) is 7.76. The maximum atomic E-state index is 5.66. The van der Waals surface area contributed by atoms with Crippen LogP contribution >= 0.6 is 15.9 Å². The van der Waals surface area contributed by atoms with Crippen molar-refractivity contribution in [2.75, 3.05) is 7.11 Å². The van der Waals surface area contributed by atoms with Gasteiger partial charge in [-0.05, 0) is 30.9 Å². The van der Waals surface area contributed by atoms with Crippen LogP contribution in [0.2, 0.25) is 0 Å². The van der Waals surface area contributed by atoms with Crippen molar-refractivity contribution in [3.63, 3.8) is 0 Å². The molecule has 16 heavy (non-hydrogen) atoms. The average Bonchev–Trinajstić information content (AvgIpc) is 2.23. The summed E-state index contributed by atoms with van der Waals surface area (Å²) in [6, 6.07) is 6.29. The van der Waals surface area contributed by atoms with E-state index >= 15 is 0 Å². The van der Waals surface area contributed by atoms with E-state index in [-0.39, 0.29) is 6.04 Å². The third kappa shape index (κ3) is 2.24. The number of rotatable bonds is 4. The lowest BCUT2D eigenvalue weighted by atomic mass is 9.77. The van der Waals surface area contributed by atoms with Crippen molar-refractivity contribution in [1.29, 1.82) is 0 Å². The normalized spacial score (nSPS) is 17.9. The Balaban J connectivity index is 2.28. The number of nitrogens with one attached hydrogen (secondary N) is 1. The van der Waals surface area contributed by atoms with Gasteiger partial charge in [-0.2, -0.15) is 0 Å². The molecule has 0 aliphatic heterocycles. The molecule has 0 heterocycles. The summed E-state index contributed by atoms with van der Waals surface area (Å²) < 4.78 is 6.43. The second kappa shape index (κ2) is 5.17. The Bertz CT molecular complexity index is 366. The van der Waals surface area contributed by atoms with Gasteiger partial charge in [0.2, 0.25) is 0 Å². The van der Waals surface area contributed by atoms with Gasteiger partial charge >= 0.3 is 0 Å². The fourth-order valence-corrected chi connectivity index (χ4v) is 2.53. The van der Waals surface area contributed by atoms with Crippen LogP contribution < -0.4 is 16.0 Å². The molecule has 1 aromatic rings. The molecule has 1 aliphatic rings. The van der Waals surface area contributed by atoms with E-state index in [1.807, 2.05) is 12.1 Å². The number of hydrogen-bond acceptors (Lipinski definition) is 3. The maximum absolute atomic E-state index is 5.66. The van der Waals surface area contributed by atoms with E-state index < -0.39 is 0 Å². The van der Waals surface area contributed by atoms with E-state index in [4.69, 9.17) is 10.6 Å². The molecule has 2 rings (SSSR count). The molecule has 1 fully saturated rings. The highest BCUT2D eigenvalue weighted by Crippen LogP contribution is 2.40. The lowest BCUT2D eigenvalue weighted by Crippen LogP contribution is -2.36. The number of nitrogens with two attached hydrogens (primary N) is 1. The molecule has 0 spiro atoms. The smallest absolute Gasteiger partial charge is 0.124 e. The highest BCUT2D eigenvalue weighted by molar-refractivity contribution is 9.10. The van der Waals surface area contributed by atoms with Crippen molar-refractivity contribution < 1.29 is 4.74 Å². The number of methoxy groups -OCH3 is 1.